The Hall–Kier alpha value is -3.68. The third-order valence-corrected chi connectivity index (χ3v) is 4.57. The van der Waals surface area contributed by atoms with E-state index in [4.69, 9.17) is 14.9 Å². The van der Waals surface area contributed by atoms with Gasteiger partial charge in [-0.3, -0.25) is 9.59 Å². The third kappa shape index (κ3) is 5.02. The lowest BCUT2D eigenvalue weighted by Gasteiger charge is -2.22. The van der Waals surface area contributed by atoms with Gasteiger partial charge in [0, 0.05) is 36.2 Å². The molecule has 1 heterocycles. The van der Waals surface area contributed by atoms with Gasteiger partial charge < -0.3 is 19.8 Å². The first-order valence-electron chi connectivity index (χ1n) is 9.41. The van der Waals surface area contributed by atoms with Crippen LogP contribution in [-0.2, 0) is 16.0 Å². The molecule has 0 saturated carbocycles. The molecule has 0 aliphatic rings. The fraction of sp³-hybridized carbons (Fsp3) is 0.227. The van der Waals surface area contributed by atoms with Crippen LogP contribution in [0.3, 0.4) is 0 Å². The highest BCUT2D eigenvalue weighted by Crippen LogP contribution is 2.23. The van der Waals surface area contributed by atoms with Crippen molar-refractivity contribution in [2.75, 3.05) is 18.1 Å². The Morgan fingerprint density at radius 1 is 1.13 bits per heavy atom. The zero-order valence-electron chi connectivity index (χ0n) is 16.4. The van der Waals surface area contributed by atoms with Crippen LogP contribution in [0.25, 0.3) is 11.0 Å². The van der Waals surface area contributed by atoms with Gasteiger partial charge in [0.05, 0.1) is 0 Å². The summed E-state index contributed by atoms with van der Waals surface area (Å²) in [5.74, 6) is -1.10. The summed E-state index contributed by atoms with van der Waals surface area (Å²) in [6.45, 7) is 1.64. The highest BCUT2D eigenvalue weighted by atomic mass is 19.1. The number of nitrogens with two attached hydrogens (primary N) is 1. The molecule has 7 nitrogen and oxygen atoms in total. The van der Waals surface area contributed by atoms with E-state index in [1.807, 2.05) is 6.92 Å². The van der Waals surface area contributed by atoms with E-state index in [2.05, 4.69) is 0 Å². The Labute approximate surface area is 171 Å². The zero-order chi connectivity index (χ0) is 21.7. The van der Waals surface area contributed by atoms with Crippen molar-refractivity contribution in [3.63, 3.8) is 0 Å². The number of hydrogen-bond donors (Lipinski definition) is 1. The first kappa shape index (κ1) is 21.0. The number of fused-ring (bicyclic) bond motifs is 1. The van der Waals surface area contributed by atoms with Gasteiger partial charge in [-0.2, -0.15) is 0 Å². The minimum Gasteiger partial charge on any atom is -0.484 e. The van der Waals surface area contributed by atoms with Crippen LogP contribution in [0, 0.1) is 5.82 Å². The van der Waals surface area contributed by atoms with Crippen molar-refractivity contribution in [3.05, 3.63) is 70.3 Å². The maximum atomic E-state index is 13.2. The van der Waals surface area contributed by atoms with Crippen molar-refractivity contribution in [2.45, 2.75) is 19.8 Å². The molecule has 0 fully saturated rings. The van der Waals surface area contributed by atoms with E-state index in [1.165, 1.54) is 35.2 Å². The van der Waals surface area contributed by atoms with Gasteiger partial charge in [0.15, 0.2) is 6.61 Å². The molecule has 0 aliphatic heterocycles. The number of nitrogens with zero attached hydrogens (tertiary/aromatic N) is 1. The van der Waals surface area contributed by atoms with Crippen molar-refractivity contribution >= 4 is 28.5 Å². The molecule has 0 saturated heterocycles. The van der Waals surface area contributed by atoms with Crippen molar-refractivity contribution in [2.24, 2.45) is 5.73 Å². The lowest BCUT2D eigenvalue weighted by molar-refractivity contribution is -0.120. The van der Waals surface area contributed by atoms with Crippen LogP contribution >= 0.6 is 0 Å². The van der Waals surface area contributed by atoms with Crippen LogP contribution in [0.5, 0.6) is 5.75 Å². The van der Waals surface area contributed by atoms with Gasteiger partial charge in [0.1, 0.15) is 17.1 Å². The number of benzene rings is 2. The molecule has 30 heavy (non-hydrogen) atoms. The Morgan fingerprint density at radius 2 is 1.87 bits per heavy atom. The van der Waals surface area contributed by atoms with Gasteiger partial charge in [0.2, 0.25) is 5.91 Å². The highest BCUT2D eigenvalue weighted by molar-refractivity contribution is 5.95. The van der Waals surface area contributed by atoms with Crippen LogP contribution in [0.4, 0.5) is 10.1 Å². The molecular weight excluding hydrogens is 391 g/mol. The van der Waals surface area contributed by atoms with Crippen LogP contribution in [-0.4, -0.2) is 25.0 Å². The average molecular weight is 412 g/mol. The molecule has 0 spiro atoms. The largest absolute Gasteiger partial charge is 0.484 e. The molecule has 1 aromatic heterocycles. The SMILES string of the molecule is CCc1cc(=O)oc2cc(OCC(=O)N(CCC(N)=O)c3ccc(F)cc3)ccc12. The summed E-state index contributed by atoms with van der Waals surface area (Å²) in [4.78, 5) is 36.9. The molecule has 0 radical (unpaired) electrons. The third-order valence-electron chi connectivity index (χ3n) is 4.57. The zero-order valence-corrected chi connectivity index (χ0v) is 16.4. The number of primary amides is 1. The first-order valence-corrected chi connectivity index (χ1v) is 9.41. The summed E-state index contributed by atoms with van der Waals surface area (Å²) in [6, 6.07) is 11.8. The van der Waals surface area contributed by atoms with Crippen molar-refractivity contribution in [3.8, 4) is 5.75 Å². The van der Waals surface area contributed by atoms with Gasteiger partial charge in [-0.1, -0.05) is 6.92 Å². The summed E-state index contributed by atoms with van der Waals surface area (Å²) in [5, 5.41) is 0.796. The van der Waals surface area contributed by atoms with E-state index < -0.39 is 23.3 Å². The Balaban J connectivity index is 1.77. The molecule has 0 atom stereocenters. The number of rotatable bonds is 8. The van der Waals surface area contributed by atoms with Crippen LogP contribution in [0.2, 0.25) is 0 Å². The summed E-state index contributed by atoms with van der Waals surface area (Å²) in [5.41, 5.74) is 6.38. The summed E-state index contributed by atoms with van der Waals surface area (Å²) < 4.78 is 24.0. The normalized spacial score (nSPS) is 10.7. The Bertz CT molecular complexity index is 1120. The van der Waals surface area contributed by atoms with Crippen LogP contribution < -0.4 is 21.0 Å². The molecule has 0 bridgehead atoms. The summed E-state index contributed by atoms with van der Waals surface area (Å²) in [7, 11) is 0. The molecule has 8 heteroatoms. The second kappa shape index (κ2) is 9.21. The molecular formula is C22H21FN2O5. The molecule has 2 amide bonds. The lowest BCUT2D eigenvalue weighted by Crippen LogP contribution is -2.37. The standard InChI is InChI=1S/C22H21FN2O5/c1-2-14-11-22(28)30-19-12-17(7-8-18(14)19)29-13-21(27)25(10-9-20(24)26)16-5-3-15(23)4-6-16/h3-8,11-12H,2,9-10,13H2,1H3,(H2,24,26). The Morgan fingerprint density at radius 3 is 2.53 bits per heavy atom. The van der Waals surface area contributed by atoms with E-state index in [-0.39, 0.29) is 19.6 Å². The first-order chi connectivity index (χ1) is 14.4. The van der Waals surface area contributed by atoms with E-state index in [9.17, 15) is 18.8 Å². The summed E-state index contributed by atoms with van der Waals surface area (Å²) >= 11 is 0. The quantitative estimate of drug-likeness (QED) is 0.573. The van der Waals surface area contributed by atoms with Gasteiger partial charge in [-0.05, 0) is 48.4 Å². The van der Waals surface area contributed by atoms with Gasteiger partial charge in [-0.15, -0.1) is 0 Å². The maximum Gasteiger partial charge on any atom is 0.336 e. The van der Waals surface area contributed by atoms with Crippen molar-refractivity contribution in [1.82, 2.24) is 0 Å². The average Bonchev–Trinajstić information content (AvgIpc) is 2.72. The highest BCUT2D eigenvalue weighted by Gasteiger charge is 2.18. The molecule has 3 aromatic rings. The van der Waals surface area contributed by atoms with Crippen LogP contribution in [0.15, 0.2) is 57.7 Å². The lowest BCUT2D eigenvalue weighted by atomic mass is 10.1. The van der Waals surface area contributed by atoms with E-state index in [1.54, 1.807) is 18.2 Å². The van der Waals surface area contributed by atoms with Gasteiger partial charge in [0.25, 0.3) is 5.91 Å². The number of anilines is 1. The van der Waals surface area contributed by atoms with Gasteiger partial charge >= 0.3 is 5.63 Å². The molecule has 2 aromatic carbocycles. The van der Waals surface area contributed by atoms with E-state index in [0.717, 1.165) is 10.9 Å². The van der Waals surface area contributed by atoms with Crippen molar-refractivity contribution < 1.29 is 23.1 Å². The Kier molecular flexibility index (Phi) is 6.46. The molecule has 156 valence electrons. The summed E-state index contributed by atoms with van der Waals surface area (Å²) in [6.07, 6.45) is 0.622. The molecule has 3 rings (SSSR count). The number of hydrogen-bond acceptors (Lipinski definition) is 5. The topological polar surface area (TPSA) is 103 Å². The molecule has 0 unspecified atom stereocenters. The number of carbonyl (C=O) groups excluding carboxylic acids is 2. The number of ether oxygens (including phenoxy) is 1. The second-order valence-electron chi connectivity index (χ2n) is 6.63. The number of aryl methyl sites for hydroxylation is 1. The van der Waals surface area contributed by atoms with E-state index in [0.29, 0.717) is 23.4 Å². The minimum atomic E-state index is -0.563. The molecule has 0 aliphatic carbocycles. The monoisotopic (exact) mass is 412 g/mol. The maximum absolute atomic E-state index is 13.2. The van der Waals surface area contributed by atoms with Gasteiger partial charge in [-0.25, -0.2) is 9.18 Å². The number of halogens is 1. The van der Waals surface area contributed by atoms with Crippen LogP contribution in [0.1, 0.15) is 18.9 Å². The predicted octanol–water partition coefficient (Wildman–Crippen LogP) is 2.78. The van der Waals surface area contributed by atoms with E-state index >= 15 is 0 Å². The predicted molar refractivity (Wildman–Crippen MR) is 110 cm³/mol. The fourth-order valence-corrected chi connectivity index (χ4v) is 3.06. The smallest absolute Gasteiger partial charge is 0.336 e. The second-order valence-corrected chi connectivity index (χ2v) is 6.63. The fourth-order valence-electron chi connectivity index (χ4n) is 3.06. The minimum absolute atomic E-state index is 0.0373. The molecule has 2 N–H and O–H groups in total. The number of amides is 2. The number of carbonyl (C=O) groups is 2. The van der Waals surface area contributed by atoms with Crippen molar-refractivity contribution in [1.29, 1.82) is 0 Å².